The molecule has 0 radical (unpaired) electrons. The van der Waals surface area contributed by atoms with E-state index in [2.05, 4.69) is 26.3 Å². The second kappa shape index (κ2) is 6.09. The molecule has 2 aromatic heterocycles. The zero-order valence-electron chi connectivity index (χ0n) is 11.2. The summed E-state index contributed by atoms with van der Waals surface area (Å²) in [6.45, 7) is 2.02. The molecule has 0 saturated carbocycles. The molecule has 0 amide bonds. The third-order valence-electron chi connectivity index (χ3n) is 3.54. The van der Waals surface area contributed by atoms with Crippen molar-refractivity contribution in [3.63, 3.8) is 0 Å². The van der Waals surface area contributed by atoms with Crippen molar-refractivity contribution in [1.82, 2.24) is 9.97 Å². The molecule has 0 unspecified atom stereocenters. The molecule has 1 N–H and O–H groups in total. The van der Waals surface area contributed by atoms with E-state index in [9.17, 15) is 0 Å². The SMILES string of the molecule is Clc1cccc(NC2CCN(c3ccccn3)CC2)n1. The van der Waals surface area contributed by atoms with Crippen molar-refractivity contribution in [2.24, 2.45) is 0 Å². The van der Waals surface area contributed by atoms with Gasteiger partial charge in [-0.25, -0.2) is 9.97 Å². The Morgan fingerprint density at radius 2 is 1.95 bits per heavy atom. The van der Waals surface area contributed by atoms with Crippen LogP contribution in [0.5, 0.6) is 0 Å². The zero-order valence-corrected chi connectivity index (χ0v) is 11.9. The number of hydrogen-bond donors (Lipinski definition) is 1. The molecule has 1 aliphatic heterocycles. The fourth-order valence-electron chi connectivity index (χ4n) is 2.49. The number of nitrogens with zero attached hydrogens (tertiary/aromatic N) is 3. The van der Waals surface area contributed by atoms with Crippen LogP contribution >= 0.6 is 11.6 Å². The van der Waals surface area contributed by atoms with E-state index in [0.29, 0.717) is 11.2 Å². The van der Waals surface area contributed by atoms with Crippen LogP contribution in [0.1, 0.15) is 12.8 Å². The molecule has 1 aliphatic rings. The highest BCUT2D eigenvalue weighted by atomic mass is 35.5. The minimum atomic E-state index is 0.445. The maximum atomic E-state index is 5.90. The smallest absolute Gasteiger partial charge is 0.131 e. The summed E-state index contributed by atoms with van der Waals surface area (Å²) in [5, 5.41) is 3.98. The summed E-state index contributed by atoms with van der Waals surface area (Å²) >= 11 is 5.90. The molecule has 0 bridgehead atoms. The van der Waals surface area contributed by atoms with E-state index in [4.69, 9.17) is 11.6 Å². The molecule has 2 aromatic rings. The van der Waals surface area contributed by atoms with Gasteiger partial charge in [0.05, 0.1) is 0 Å². The zero-order chi connectivity index (χ0) is 13.8. The minimum Gasteiger partial charge on any atom is -0.367 e. The Morgan fingerprint density at radius 1 is 1.10 bits per heavy atom. The van der Waals surface area contributed by atoms with Gasteiger partial charge in [0.1, 0.15) is 16.8 Å². The second-order valence-electron chi connectivity index (χ2n) is 4.94. The molecular weight excluding hydrogens is 272 g/mol. The van der Waals surface area contributed by atoms with Crippen molar-refractivity contribution in [3.8, 4) is 0 Å². The molecule has 0 aliphatic carbocycles. The maximum Gasteiger partial charge on any atom is 0.131 e. The van der Waals surface area contributed by atoms with E-state index in [1.807, 2.05) is 30.5 Å². The Bertz CT molecular complexity index is 553. The van der Waals surface area contributed by atoms with E-state index in [1.165, 1.54) is 0 Å². The number of halogens is 1. The van der Waals surface area contributed by atoms with Crippen LogP contribution in [0.2, 0.25) is 5.15 Å². The van der Waals surface area contributed by atoms with Crippen LogP contribution in [-0.4, -0.2) is 29.1 Å². The maximum absolute atomic E-state index is 5.90. The van der Waals surface area contributed by atoms with Crippen LogP contribution in [-0.2, 0) is 0 Å². The Hall–Kier alpha value is -1.81. The van der Waals surface area contributed by atoms with Gasteiger partial charge in [0.2, 0.25) is 0 Å². The average Bonchev–Trinajstić information content (AvgIpc) is 2.49. The molecule has 104 valence electrons. The normalized spacial score (nSPS) is 16.1. The van der Waals surface area contributed by atoms with E-state index < -0.39 is 0 Å². The molecule has 4 nitrogen and oxygen atoms in total. The minimum absolute atomic E-state index is 0.445. The summed E-state index contributed by atoms with van der Waals surface area (Å²) in [7, 11) is 0. The largest absolute Gasteiger partial charge is 0.367 e. The molecule has 20 heavy (non-hydrogen) atoms. The summed E-state index contributed by atoms with van der Waals surface area (Å²) in [6.07, 6.45) is 3.99. The lowest BCUT2D eigenvalue weighted by Crippen LogP contribution is -2.39. The summed E-state index contributed by atoms with van der Waals surface area (Å²) in [4.78, 5) is 11.0. The van der Waals surface area contributed by atoms with Crippen LogP contribution in [0.4, 0.5) is 11.6 Å². The van der Waals surface area contributed by atoms with Crippen molar-refractivity contribution in [2.45, 2.75) is 18.9 Å². The van der Waals surface area contributed by atoms with Gasteiger partial charge in [0.15, 0.2) is 0 Å². The van der Waals surface area contributed by atoms with Gasteiger partial charge in [-0.15, -0.1) is 0 Å². The molecule has 3 rings (SSSR count). The van der Waals surface area contributed by atoms with Gasteiger partial charge in [-0.2, -0.15) is 0 Å². The number of rotatable bonds is 3. The van der Waals surface area contributed by atoms with E-state index >= 15 is 0 Å². The second-order valence-corrected chi connectivity index (χ2v) is 5.33. The predicted molar refractivity (Wildman–Crippen MR) is 82.3 cm³/mol. The van der Waals surface area contributed by atoms with Crippen molar-refractivity contribution in [3.05, 3.63) is 47.7 Å². The summed E-state index contributed by atoms with van der Waals surface area (Å²) in [5.41, 5.74) is 0. The molecule has 1 saturated heterocycles. The highest BCUT2D eigenvalue weighted by molar-refractivity contribution is 6.29. The summed E-state index contributed by atoms with van der Waals surface area (Å²) in [5.74, 6) is 1.92. The summed E-state index contributed by atoms with van der Waals surface area (Å²) in [6, 6.07) is 12.1. The Morgan fingerprint density at radius 3 is 2.65 bits per heavy atom. The van der Waals surface area contributed by atoms with Crippen LogP contribution in [0.25, 0.3) is 0 Å². The number of anilines is 2. The fraction of sp³-hybridized carbons (Fsp3) is 0.333. The quantitative estimate of drug-likeness (QED) is 0.881. The highest BCUT2D eigenvalue weighted by Gasteiger charge is 2.20. The van der Waals surface area contributed by atoms with E-state index in [0.717, 1.165) is 37.6 Å². The van der Waals surface area contributed by atoms with E-state index in [1.54, 1.807) is 6.07 Å². The Labute approximate surface area is 123 Å². The first kappa shape index (κ1) is 13.2. The molecule has 1 fully saturated rings. The van der Waals surface area contributed by atoms with Gasteiger partial charge in [0.25, 0.3) is 0 Å². The van der Waals surface area contributed by atoms with Crippen molar-refractivity contribution >= 4 is 23.2 Å². The third-order valence-corrected chi connectivity index (χ3v) is 3.75. The highest BCUT2D eigenvalue weighted by Crippen LogP contribution is 2.20. The molecule has 0 spiro atoms. The van der Waals surface area contributed by atoms with Crippen molar-refractivity contribution in [2.75, 3.05) is 23.3 Å². The van der Waals surface area contributed by atoms with Crippen LogP contribution in [0, 0.1) is 0 Å². The lowest BCUT2D eigenvalue weighted by atomic mass is 10.1. The molecular formula is C15H17ClN4. The van der Waals surface area contributed by atoms with E-state index in [-0.39, 0.29) is 0 Å². The third kappa shape index (κ3) is 3.20. The number of pyridine rings is 2. The van der Waals surface area contributed by atoms with Gasteiger partial charge in [-0.05, 0) is 37.1 Å². The van der Waals surface area contributed by atoms with Gasteiger partial charge in [-0.3, -0.25) is 0 Å². The topological polar surface area (TPSA) is 41.0 Å². The van der Waals surface area contributed by atoms with Gasteiger partial charge < -0.3 is 10.2 Å². The molecule has 3 heterocycles. The van der Waals surface area contributed by atoms with Crippen LogP contribution < -0.4 is 10.2 Å². The number of piperidine rings is 1. The van der Waals surface area contributed by atoms with Gasteiger partial charge in [-0.1, -0.05) is 23.7 Å². The van der Waals surface area contributed by atoms with Crippen molar-refractivity contribution in [1.29, 1.82) is 0 Å². The first-order valence-corrected chi connectivity index (χ1v) is 7.24. The Balaban J connectivity index is 1.56. The lowest BCUT2D eigenvalue weighted by molar-refractivity contribution is 0.522. The van der Waals surface area contributed by atoms with Crippen LogP contribution in [0.3, 0.4) is 0 Å². The van der Waals surface area contributed by atoms with Crippen LogP contribution in [0.15, 0.2) is 42.6 Å². The average molecular weight is 289 g/mol. The lowest BCUT2D eigenvalue weighted by Gasteiger charge is -2.33. The summed E-state index contributed by atoms with van der Waals surface area (Å²) < 4.78 is 0. The standard InChI is InChI=1S/C15H17ClN4/c16-13-4-3-5-14(19-13)18-12-7-10-20(11-8-12)15-6-1-2-9-17-15/h1-6,9,12H,7-8,10-11H2,(H,18,19). The predicted octanol–water partition coefficient (Wildman–Crippen LogP) is 3.21. The number of aromatic nitrogens is 2. The van der Waals surface area contributed by atoms with Crippen molar-refractivity contribution < 1.29 is 0 Å². The molecule has 0 aromatic carbocycles. The first-order chi connectivity index (χ1) is 9.81. The number of hydrogen-bond acceptors (Lipinski definition) is 4. The molecule has 0 atom stereocenters. The van der Waals surface area contributed by atoms with Gasteiger partial charge >= 0.3 is 0 Å². The number of nitrogens with one attached hydrogen (secondary N) is 1. The van der Waals surface area contributed by atoms with Gasteiger partial charge in [0, 0.05) is 25.3 Å². The monoisotopic (exact) mass is 288 g/mol. The molecule has 5 heteroatoms. The first-order valence-electron chi connectivity index (χ1n) is 6.86. The Kier molecular flexibility index (Phi) is 4.02. The fourth-order valence-corrected chi connectivity index (χ4v) is 2.66.